The number of thioether (sulfide) groups is 2. The van der Waals surface area contributed by atoms with Gasteiger partial charge in [-0.25, -0.2) is 0 Å². The zero-order valence-corrected chi connectivity index (χ0v) is 18.1. The van der Waals surface area contributed by atoms with Gasteiger partial charge in [0.15, 0.2) is 0 Å². The molecule has 0 unspecified atom stereocenters. The first-order chi connectivity index (χ1) is 13.9. The van der Waals surface area contributed by atoms with Gasteiger partial charge in [0.05, 0.1) is 27.9 Å². The standard InChI is InChI=1S/C19H15BrN2O5S2/c20-14-4-2-1-3-13(14)11-21-18(24)17(29-19(21)25)10-12-5-6-16(28-8-7-23)15(9-12)22(26)27/h1-6,9-10,23H,7-8,11H2/b17-10-. The maximum atomic E-state index is 12.7. The van der Waals surface area contributed by atoms with Gasteiger partial charge in [-0.05, 0) is 41.1 Å². The zero-order chi connectivity index (χ0) is 21.0. The molecule has 0 aliphatic carbocycles. The summed E-state index contributed by atoms with van der Waals surface area (Å²) in [5.41, 5.74) is 1.15. The second kappa shape index (κ2) is 9.57. The number of carbonyl (C=O) groups excluding carboxylic acids is 2. The number of hydrogen-bond donors (Lipinski definition) is 1. The van der Waals surface area contributed by atoms with E-state index in [-0.39, 0.29) is 29.0 Å². The van der Waals surface area contributed by atoms with Gasteiger partial charge in [0.25, 0.3) is 16.8 Å². The van der Waals surface area contributed by atoms with Crippen molar-refractivity contribution in [2.75, 3.05) is 12.4 Å². The summed E-state index contributed by atoms with van der Waals surface area (Å²) in [6, 6.07) is 11.9. The minimum atomic E-state index is -0.504. The maximum absolute atomic E-state index is 12.7. The Morgan fingerprint density at radius 3 is 2.69 bits per heavy atom. The van der Waals surface area contributed by atoms with Crippen molar-refractivity contribution in [1.82, 2.24) is 4.90 Å². The van der Waals surface area contributed by atoms with Crippen LogP contribution in [-0.4, -0.2) is 38.4 Å². The van der Waals surface area contributed by atoms with Crippen LogP contribution in [0.1, 0.15) is 11.1 Å². The Hall–Kier alpha value is -2.14. The number of aliphatic hydroxyl groups excluding tert-OH is 1. The van der Waals surface area contributed by atoms with Crippen molar-refractivity contribution in [3.8, 4) is 0 Å². The quantitative estimate of drug-likeness (QED) is 0.258. The molecule has 1 fully saturated rings. The van der Waals surface area contributed by atoms with Gasteiger partial charge in [0.2, 0.25) is 0 Å². The molecule has 0 aromatic heterocycles. The fraction of sp³-hybridized carbons (Fsp3) is 0.158. The lowest BCUT2D eigenvalue weighted by atomic mass is 10.1. The van der Waals surface area contributed by atoms with E-state index in [1.54, 1.807) is 12.1 Å². The summed E-state index contributed by atoms with van der Waals surface area (Å²) in [4.78, 5) is 37.7. The van der Waals surface area contributed by atoms with Crippen LogP contribution in [0.5, 0.6) is 0 Å². The summed E-state index contributed by atoms with van der Waals surface area (Å²) < 4.78 is 0.801. The monoisotopic (exact) mass is 494 g/mol. The Labute approximate surface area is 183 Å². The van der Waals surface area contributed by atoms with Gasteiger partial charge in [-0.2, -0.15) is 0 Å². The predicted molar refractivity (Wildman–Crippen MR) is 117 cm³/mol. The Bertz CT molecular complexity index is 1010. The molecule has 2 amide bonds. The van der Waals surface area contributed by atoms with Crippen LogP contribution in [0, 0.1) is 10.1 Å². The average molecular weight is 495 g/mol. The second-order valence-corrected chi connectivity index (χ2v) is 8.90. The molecule has 1 aliphatic heterocycles. The second-order valence-electron chi connectivity index (χ2n) is 5.92. The fourth-order valence-corrected chi connectivity index (χ4v) is 4.63. The third kappa shape index (κ3) is 5.08. The average Bonchev–Trinajstić information content (AvgIpc) is 2.95. The van der Waals surface area contributed by atoms with Crippen LogP contribution in [-0.2, 0) is 11.3 Å². The normalized spacial score (nSPS) is 15.4. The third-order valence-electron chi connectivity index (χ3n) is 3.99. The van der Waals surface area contributed by atoms with Gasteiger partial charge < -0.3 is 5.11 Å². The number of imide groups is 1. The number of aliphatic hydroxyl groups is 1. The molecule has 0 spiro atoms. The van der Waals surface area contributed by atoms with E-state index in [2.05, 4.69) is 15.9 Å². The van der Waals surface area contributed by atoms with E-state index in [1.165, 1.54) is 23.9 Å². The summed E-state index contributed by atoms with van der Waals surface area (Å²) in [5.74, 6) is -0.0918. The number of amides is 2. The zero-order valence-electron chi connectivity index (χ0n) is 14.9. The minimum Gasteiger partial charge on any atom is -0.396 e. The Kier molecular flexibility index (Phi) is 7.12. The van der Waals surface area contributed by atoms with Gasteiger partial charge in [0.1, 0.15) is 0 Å². The third-order valence-corrected chi connectivity index (χ3v) is 6.71. The summed E-state index contributed by atoms with van der Waals surface area (Å²) in [7, 11) is 0. The van der Waals surface area contributed by atoms with Crippen molar-refractivity contribution in [1.29, 1.82) is 0 Å². The highest BCUT2D eigenvalue weighted by Gasteiger charge is 2.35. The summed E-state index contributed by atoms with van der Waals surface area (Å²) in [6.07, 6.45) is 1.48. The van der Waals surface area contributed by atoms with Crippen molar-refractivity contribution in [3.05, 3.63) is 73.1 Å². The molecule has 0 atom stereocenters. The first-order valence-electron chi connectivity index (χ1n) is 8.41. The van der Waals surface area contributed by atoms with Gasteiger partial charge >= 0.3 is 0 Å². The maximum Gasteiger partial charge on any atom is 0.293 e. The van der Waals surface area contributed by atoms with Crippen LogP contribution in [0.15, 0.2) is 56.7 Å². The lowest BCUT2D eigenvalue weighted by Crippen LogP contribution is -2.27. The largest absolute Gasteiger partial charge is 0.396 e. The molecular formula is C19H15BrN2O5S2. The molecule has 1 aliphatic rings. The highest BCUT2D eigenvalue weighted by atomic mass is 79.9. The number of rotatable bonds is 7. The van der Waals surface area contributed by atoms with E-state index in [4.69, 9.17) is 5.11 Å². The Morgan fingerprint density at radius 1 is 1.24 bits per heavy atom. The highest BCUT2D eigenvalue weighted by Crippen LogP contribution is 2.36. The van der Waals surface area contributed by atoms with Crippen LogP contribution in [0.2, 0.25) is 0 Å². The molecule has 1 saturated heterocycles. The molecule has 0 saturated carbocycles. The van der Waals surface area contributed by atoms with E-state index < -0.39 is 10.8 Å². The van der Waals surface area contributed by atoms with E-state index in [1.807, 2.05) is 24.3 Å². The van der Waals surface area contributed by atoms with Gasteiger partial charge in [-0.3, -0.25) is 24.6 Å². The number of halogens is 1. The SMILES string of the molecule is O=C1S/C(=C\c2ccc(SCCO)c([N+](=O)[O-])c2)C(=O)N1Cc1ccccc1Br. The number of nitrogens with zero attached hydrogens (tertiary/aromatic N) is 2. The Morgan fingerprint density at radius 2 is 2.00 bits per heavy atom. The molecular weight excluding hydrogens is 480 g/mol. The number of nitro groups is 1. The number of hydrogen-bond acceptors (Lipinski definition) is 7. The van der Waals surface area contributed by atoms with Crippen LogP contribution in [0.3, 0.4) is 0 Å². The van der Waals surface area contributed by atoms with Crippen LogP contribution < -0.4 is 0 Å². The molecule has 1 N–H and O–H groups in total. The predicted octanol–water partition coefficient (Wildman–Crippen LogP) is 4.68. The molecule has 0 bridgehead atoms. The van der Waals surface area contributed by atoms with Gasteiger partial charge in [0, 0.05) is 16.3 Å². The van der Waals surface area contributed by atoms with Crippen molar-refractivity contribution in [2.45, 2.75) is 11.4 Å². The van der Waals surface area contributed by atoms with Gasteiger partial charge in [-0.15, -0.1) is 11.8 Å². The number of nitro benzene ring substituents is 1. The van der Waals surface area contributed by atoms with Crippen molar-refractivity contribution in [2.24, 2.45) is 0 Å². The molecule has 1 heterocycles. The molecule has 2 aromatic carbocycles. The topological polar surface area (TPSA) is 101 Å². The summed E-state index contributed by atoms with van der Waals surface area (Å²) in [5, 5.41) is 19.9. The molecule has 7 nitrogen and oxygen atoms in total. The van der Waals surface area contributed by atoms with Gasteiger partial charge in [-0.1, -0.05) is 40.2 Å². The highest BCUT2D eigenvalue weighted by molar-refractivity contribution is 9.10. The van der Waals surface area contributed by atoms with Crippen molar-refractivity contribution < 1.29 is 19.6 Å². The molecule has 150 valence electrons. The molecule has 10 heteroatoms. The van der Waals surface area contributed by atoms with E-state index in [0.29, 0.717) is 16.2 Å². The summed E-state index contributed by atoms with van der Waals surface area (Å²) in [6.45, 7) is 0.0502. The first-order valence-corrected chi connectivity index (χ1v) is 11.0. The Balaban J connectivity index is 1.84. The molecule has 2 aromatic rings. The van der Waals surface area contributed by atoms with Crippen LogP contribution >= 0.6 is 39.5 Å². The molecule has 0 radical (unpaired) electrons. The minimum absolute atomic E-state index is 0.0890. The fourth-order valence-electron chi connectivity index (χ4n) is 2.63. The van der Waals surface area contributed by atoms with E-state index in [9.17, 15) is 19.7 Å². The lowest BCUT2D eigenvalue weighted by molar-refractivity contribution is -0.387. The number of carbonyl (C=O) groups is 2. The molecule has 3 rings (SSSR count). The smallest absolute Gasteiger partial charge is 0.293 e. The van der Waals surface area contributed by atoms with E-state index >= 15 is 0 Å². The van der Waals surface area contributed by atoms with Crippen molar-refractivity contribution in [3.63, 3.8) is 0 Å². The van der Waals surface area contributed by atoms with Crippen LogP contribution in [0.4, 0.5) is 10.5 Å². The number of benzene rings is 2. The summed E-state index contributed by atoms with van der Waals surface area (Å²) >= 11 is 5.39. The van der Waals surface area contributed by atoms with Crippen molar-refractivity contribution >= 4 is 62.4 Å². The first kappa shape index (κ1) is 21.6. The van der Waals surface area contributed by atoms with Crippen LogP contribution in [0.25, 0.3) is 6.08 Å². The van der Waals surface area contributed by atoms with E-state index in [0.717, 1.165) is 26.7 Å². The lowest BCUT2D eigenvalue weighted by Gasteiger charge is -2.13. The molecule has 29 heavy (non-hydrogen) atoms.